The number of hydrogen-bond acceptors (Lipinski definition) is 2. The van der Waals surface area contributed by atoms with Gasteiger partial charge in [-0.05, 0) is 11.1 Å². The van der Waals surface area contributed by atoms with Crippen molar-refractivity contribution >= 4 is 11.7 Å². The molecule has 0 aliphatic carbocycles. The van der Waals surface area contributed by atoms with Crippen LogP contribution in [0.5, 0.6) is 0 Å². The maximum Gasteiger partial charge on any atom is 0.220 e. The van der Waals surface area contributed by atoms with Crippen molar-refractivity contribution in [3.8, 4) is 0 Å². The summed E-state index contributed by atoms with van der Waals surface area (Å²) in [5.74, 6) is 0.218. The van der Waals surface area contributed by atoms with E-state index in [0.29, 0.717) is 12.8 Å². The largest absolute Gasteiger partial charge is 0.328 e. The van der Waals surface area contributed by atoms with Crippen LogP contribution in [-0.4, -0.2) is 16.6 Å². The molecule has 0 N–H and O–H groups in total. The number of carbonyl (C=O) groups is 2. The van der Waals surface area contributed by atoms with Gasteiger partial charge >= 0.3 is 0 Å². The molecule has 0 radical (unpaired) electrons. The summed E-state index contributed by atoms with van der Waals surface area (Å²) in [4.78, 5) is 26.4. The molecule has 1 aliphatic rings. The van der Waals surface area contributed by atoms with Crippen LogP contribution in [0.25, 0.3) is 0 Å². The zero-order valence-electron chi connectivity index (χ0n) is 12.6. The Morgan fingerprint density at radius 2 is 1.27 bits per heavy atom. The lowest BCUT2D eigenvalue weighted by molar-refractivity contribution is -0.140. The lowest BCUT2D eigenvalue weighted by Crippen LogP contribution is -2.42. The zero-order chi connectivity index (χ0) is 15.5. The van der Waals surface area contributed by atoms with Crippen LogP contribution in [0.1, 0.15) is 43.0 Å². The lowest BCUT2D eigenvalue weighted by atomic mass is 9.86. The van der Waals surface area contributed by atoms with Gasteiger partial charge in [0.05, 0.1) is 12.1 Å². The fraction of sp³-hybridized carbons (Fsp3) is 0.263. The minimum Gasteiger partial charge on any atom is -0.328 e. The standard InChI is InChI=1S/C19H19NO2/c1-14(21)20-18(15-8-4-2-5-9-15)12-17(22)13-19(20)16-10-6-3-7-11-16/h2-11,18-19H,12-13H2,1H3. The van der Waals surface area contributed by atoms with Gasteiger partial charge in [0, 0.05) is 19.8 Å². The normalized spacial score (nSPS) is 21.7. The monoisotopic (exact) mass is 293 g/mol. The Labute approximate surface area is 130 Å². The van der Waals surface area contributed by atoms with Crippen molar-refractivity contribution in [2.24, 2.45) is 0 Å². The Balaban J connectivity index is 2.03. The highest BCUT2D eigenvalue weighted by atomic mass is 16.2. The number of piperidine rings is 1. The van der Waals surface area contributed by atoms with Crippen LogP contribution in [0.4, 0.5) is 0 Å². The quantitative estimate of drug-likeness (QED) is 0.847. The molecule has 2 aromatic rings. The number of nitrogens with zero attached hydrogens (tertiary/aromatic N) is 1. The Kier molecular flexibility index (Phi) is 4.05. The topological polar surface area (TPSA) is 37.4 Å². The zero-order valence-corrected chi connectivity index (χ0v) is 12.6. The van der Waals surface area contributed by atoms with Crippen LogP contribution < -0.4 is 0 Å². The molecule has 3 heteroatoms. The van der Waals surface area contributed by atoms with Crippen LogP contribution >= 0.6 is 0 Å². The molecule has 1 amide bonds. The van der Waals surface area contributed by atoms with E-state index in [1.54, 1.807) is 6.92 Å². The molecule has 3 nitrogen and oxygen atoms in total. The second-order valence-electron chi connectivity index (χ2n) is 5.73. The Bertz CT molecular complexity index is 615. The molecule has 0 spiro atoms. The van der Waals surface area contributed by atoms with Crippen molar-refractivity contribution in [3.05, 3.63) is 71.8 Å². The highest BCUT2D eigenvalue weighted by Crippen LogP contribution is 2.40. The summed E-state index contributed by atoms with van der Waals surface area (Å²) in [6, 6.07) is 19.3. The average molecular weight is 293 g/mol. The van der Waals surface area contributed by atoms with Gasteiger partial charge in [-0.25, -0.2) is 0 Å². The van der Waals surface area contributed by atoms with Gasteiger partial charge < -0.3 is 4.90 Å². The number of Topliss-reactive ketones (excluding diaryl/α,β-unsaturated/α-hetero) is 1. The van der Waals surface area contributed by atoms with Crippen LogP contribution in [0.3, 0.4) is 0 Å². The van der Waals surface area contributed by atoms with E-state index in [1.165, 1.54) is 0 Å². The third-order valence-electron chi connectivity index (χ3n) is 4.25. The van der Waals surface area contributed by atoms with Gasteiger partial charge in [-0.2, -0.15) is 0 Å². The molecule has 0 bridgehead atoms. The number of benzene rings is 2. The molecule has 2 aromatic carbocycles. The van der Waals surface area contributed by atoms with Gasteiger partial charge in [0.15, 0.2) is 0 Å². The van der Waals surface area contributed by atoms with E-state index in [2.05, 4.69) is 0 Å². The van der Waals surface area contributed by atoms with Gasteiger partial charge in [-0.1, -0.05) is 60.7 Å². The van der Waals surface area contributed by atoms with Gasteiger partial charge in [0.1, 0.15) is 5.78 Å². The van der Waals surface area contributed by atoms with Gasteiger partial charge in [0.2, 0.25) is 5.91 Å². The first-order valence-electron chi connectivity index (χ1n) is 7.57. The number of ketones is 1. The SMILES string of the molecule is CC(=O)N1C(c2ccccc2)CC(=O)CC1c1ccccc1. The molecule has 2 unspecified atom stereocenters. The van der Waals surface area contributed by atoms with Crippen LogP contribution in [0, 0.1) is 0 Å². The van der Waals surface area contributed by atoms with E-state index in [-0.39, 0.29) is 23.8 Å². The van der Waals surface area contributed by atoms with E-state index in [0.717, 1.165) is 11.1 Å². The first-order chi connectivity index (χ1) is 10.7. The van der Waals surface area contributed by atoms with Crippen LogP contribution in [0.15, 0.2) is 60.7 Å². The molecule has 0 aromatic heterocycles. The van der Waals surface area contributed by atoms with E-state index < -0.39 is 0 Å². The van der Waals surface area contributed by atoms with E-state index in [4.69, 9.17) is 0 Å². The highest BCUT2D eigenvalue weighted by Gasteiger charge is 2.37. The van der Waals surface area contributed by atoms with E-state index >= 15 is 0 Å². The van der Waals surface area contributed by atoms with Crippen molar-refractivity contribution in [2.45, 2.75) is 31.8 Å². The van der Waals surface area contributed by atoms with Gasteiger partial charge in [0.25, 0.3) is 0 Å². The molecule has 1 fully saturated rings. The first-order valence-corrected chi connectivity index (χ1v) is 7.57. The number of amides is 1. The maximum absolute atomic E-state index is 12.3. The lowest BCUT2D eigenvalue weighted by Gasteiger charge is -2.41. The van der Waals surface area contributed by atoms with Crippen molar-refractivity contribution < 1.29 is 9.59 Å². The third-order valence-corrected chi connectivity index (χ3v) is 4.25. The molecular weight excluding hydrogens is 274 g/mol. The summed E-state index contributed by atoms with van der Waals surface area (Å²) in [6.07, 6.45) is 0.792. The van der Waals surface area contributed by atoms with Crippen molar-refractivity contribution in [3.63, 3.8) is 0 Å². The predicted octanol–water partition coefficient (Wildman–Crippen LogP) is 3.68. The fourth-order valence-corrected chi connectivity index (χ4v) is 3.27. The van der Waals surface area contributed by atoms with Gasteiger partial charge in [-0.15, -0.1) is 0 Å². The summed E-state index contributed by atoms with van der Waals surface area (Å²) >= 11 is 0. The maximum atomic E-state index is 12.3. The number of carbonyl (C=O) groups excluding carboxylic acids is 2. The Morgan fingerprint density at radius 1 is 0.864 bits per heavy atom. The second kappa shape index (κ2) is 6.14. The average Bonchev–Trinajstić information content (AvgIpc) is 2.55. The molecule has 1 saturated heterocycles. The van der Waals surface area contributed by atoms with Gasteiger partial charge in [-0.3, -0.25) is 9.59 Å². The minimum atomic E-state index is -0.176. The Hall–Kier alpha value is -2.42. The molecule has 112 valence electrons. The molecule has 22 heavy (non-hydrogen) atoms. The summed E-state index contributed by atoms with van der Waals surface area (Å²) in [5.41, 5.74) is 2.04. The predicted molar refractivity (Wildman–Crippen MR) is 85.1 cm³/mol. The molecular formula is C19H19NO2. The highest BCUT2D eigenvalue weighted by molar-refractivity contribution is 5.84. The summed E-state index contributed by atoms with van der Waals surface area (Å²) in [5, 5.41) is 0. The second-order valence-corrected chi connectivity index (χ2v) is 5.73. The summed E-state index contributed by atoms with van der Waals surface area (Å²) in [6.45, 7) is 1.58. The van der Waals surface area contributed by atoms with Crippen molar-refractivity contribution in [1.82, 2.24) is 4.90 Å². The number of hydrogen-bond donors (Lipinski definition) is 0. The molecule has 0 saturated carbocycles. The van der Waals surface area contributed by atoms with E-state index in [9.17, 15) is 9.59 Å². The molecule has 1 aliphatic heterocycles. The van der Waals surface area contributed by atoms with Crippen molar-refractivity contribution in [1.29, 1.82) is 0 Å². The van der Waals surface area contributed by atoms with Crippen LogP contribution in [-0.2, 0) is 9.59 Å². The van der Waals surface area contributed by atoms with Crippen molar-refractivity contribution in [2.75, 3.05) is 0 Å². The molecule has 3 rings (SSSR count). The third kappa shape index (κ3) is 2.80. The van der Waals surface area contributed by atoms with Crippen LogP contribution in [0.2, 0.25) is 0 Å². The smallest absolute Gasteiger partial charge is 0.220 e. The molecule has 2 atom stereocenters. The minimum absolute atomic E-state index is 0.00945. The summed E-state index contributed by atoms with van der Waals surface area (Å²) in [7, 11) is 0. The number of likely N-dealkylation sites (tertiary alicyclic amines) is 1. The molecule has 1 heterocycles. The summed E-state index contributed by atoms with van der Waals surface area (Å²) < 4.78 is 0. The number of rotatable bonds is 2. The van der Waals surface area contributed by atoms with E-state index in [1.807, 2.05) is 65.6 Å². The Morgan fingerprint density at radius 3 is 1.64 bits per heavy atom. The first kappa shape index (κ1) is 14.5. The fourth-order valence-electron chi connectivity index (χ4n) is 3.27.